The first-order valence-corrected chi connectivity index (χ1v) is 19.5. The zero-order valence-electron chi connectivity index (χ0n) is 27.6. The van der Waals surface area contributed by atoms with E-state index in [1.807, 2.05) is 0 Å². The number of aliphatic carboxylic acids is 2. The van der Waals surface area contributed by atoms with Gasteiger partial charge in [-0.2, -0.15) is 0 Å². The van der Waals surface area contributed by atoms with Gasteiger partial charge in [0.15, 0.2) is 0 Å². The topological polar surface area (TPSA) is 179 Å². The van der Waals surface area contributed by atoms with Crippen LogP contribution in [-0.4, -0.2) is 73.3 Å². The van der Waals surface area contributed by atoms with Crippen LogP contribution in [0.2, 0.25) is 0 Å². The van der Waals surface area contributed by atoms with Crippen molar-refractivity contribution in [2.75, 3.05) is 12.3 Å². The van der Waals surface area contributed by atoms with Crippen LogP contribution in [0.3, 0.4) is 0 Å². The Bertz CT molecular complexity index is 1110. The molecular formula is C34H57O10P. The van der Waals surface area contributed by atoms with Crippen LogP contribution in [0.4, 0.5) is 0 Å². The van der Waals surface area contributed by atoms with Crippen LogP contribution in [0, 0.1) is 52.3 Å². The molecule has 10 nitrogen and oxygen atoms in total. The standard InChI is InChI=1S/C34H57O10P/c1-20(5-6-21(2)35)25-8-9-26-31-27(12-15-34(25,26)4)33(3)14-11-24(17-23(33)18-28(31)36)44-30(39)13-16-45(42,43)19-22(32(40)41)7-10-29(37)38/h20,22-28,31,36,42-43,45H,5-19H2,1-4H3,(H,37,38)(H,40,41)/t20-,22?,23+,24-,25?,26?,27?,28+,31?,33+,34-/m1/s1. The Morgan fingerprint density at radius 1 is 0.889 bits per heavy atom. The van der Waals surface area contributed by atoms with Crippen molar-refractivity contribution in [2.45, 2.75) is 123 Å². The number of hydrogen-bond acceptors (Lipinski definition) is 8. The van der Waals surface area contributed by atoms with E-state index in [4.69, 9.17) is 9.84 Å². The van der Waals surface area contributed by atoms with Gasteiger partial charge < -0.3 is 4.79 Å². The number of carboxylic acid groups (broad SMARTS) is 2. The van der Waals surface area contributed by atoms with Gasteiger partial charge in [0, 0.05) is 6.42 Å². The monoisotopic (exact) mass is 656 g/mol. The molecule has 5 N–H and O–H groups in total. The normalized spacial score (nSPS) is 37.8. The molecule has 258 valence electrons. The van der Waals surface area contributed by atoms with Crippen molar-refractivity contribution >= 4 is 31.4 Å². The Morgan fingerprint density at radius 3 is 2.20 bits per heavy atom. The number of carbonyl (C=O) groups is 4. The second-order valence-corrected chi connectivity index (χ2v) is 18.7. The van der Waals surface area contributed by atoms with E-state index >= 15 is 0 Å². The van der Waals surface area contributed by atoms with Crippen molar-refractivity contribution in [3.05, 3.63) is 0 Å². The summed E-state index contributed by atoms with van der Waals surface area (Å²) in [7, 11) is -4.06. The Balaban J connectivity index is 1.32. The van der Waals surface area contributed by atoms with Crippen molar-refractivity contribution in [2.24, 2.45) is 52.3 Å². The molecule has 0 amide bonds. The molecule has 45 heavy (non-hydrogen) atoms. The number of aliphatic hydroxyl groups excluding tert-OH is 1. The van der Waals surface area contributed by atoms with Crippen molar-refractivity contribution in [1.29, 1.82) is 0 Å². The Hall–Kier alpha value is -1.61. The Labute approximate surface area is 268 Å². The van der Waals surface area contributed by atoms with Crippen LogP contribution in [-0.2, 0) is 23.9 Å². The number of aliphatic hydroxyl groups is 1. The van der Waals surface area contributed by atoms with Crippen molar-refractivity contribution in [3.8, 4) is 0 Å². The molecule has 0 bridgehead atoms. The molecule has 0 spiro atoms. The summed E-state index contributed by atoms with van der Waals surface area (Å²) in [5, 5.41) is 29.9. The second kappa shape index (κ2) is 14.2. The van der Waals surface area contributed by atoms with Gasteiger partial charge in [-0.05, 0) is 31.6 Å². The molecule has 4 aliphatic rings. The molecule has 0 aromatic rings. The van der Waals surface area contributed by atoms with Crippen molar-refractivity contribution in [3.63, 3.8) is 0 Å². The van der Waals surface area contributed by atoms with E-state index in [-0.39, 0.29) is 60.0 Å². The number of ketones is 1. The fraction of sp³-hybridized carbons (Fsp3) is 0.882. The van der Waals surface area contributed by atoms with E-state index in [0.29, 0.717) is 42.9 Å². The van der Waals surface area contributed by atoms with Crippen LogP contribution < -0.4 is 0 Å². The van der Waals surface area contributed by atoms with Crippen LogP contribution in [0.25, 0.3) is 0 Å². The first-order valence-electron chi connectivity index (χ1n) is 17.2. The first kappa shape index (κ1) is 36.2. The maximum atomic E-state index is 12.8. The molecule has 0 aromatic carbocycles. The van der Waals surface area contributed by atoms with Gasteiger partial charge in [0.2, 0.25) is 0 Å². The third-order valence-electron chi connectivity index (χ3n) is 13.0. The summed E-state index contributed by atoms with van der Waals surface area (Å²) in [6, 6.07) is 0. The zero-order valence-corrected chi connectivity index (χ0v) is 28.6. The third kappa shape index (κ3) is 8.10. The number of esters is 1. The summed E-state index contributed by atoms with van der Waals surface area (Å²) >= 11 is 0. The SMILES string of the molecule is CC(=O)CC[C@@H](C)C1CCC2C3C(CC[C@@]21C)[C@@]1(C)CC[C@@H](OC(=O)CC[PH](O)(O)CC(CCC(=O)O)C(=O)O)C[C@H]1C[C@@H]3O. The predicted molar refractivity (Wildman–Crippen MR) is 171 cm³/mol. The number of Topliss-reactive ketones (excluding diaryl/α,β-unsaturated/α-hetero) is 1. The van der Waals surface area contributed by atoms with E-state index in [1.165, 1.54) is 6.42 Å². The molecule has 0 heterocycles. The van der Waals surface area contributed by atoms with E-state index in [2.05, 4.69) is 20.8 Å². The van der Waals surface area contributed by atoms with E-state index in [0.717, 1.165) is 38.5 Å². The average molecular weight is 657 g/mol. The summed E-state index contributed by atoms with van der Waals surface area (Å²) in [5.41, 5.74) is 0.250. The summed E-state index contributed by atoms with van der Waals surface area (Å²) in [5.74, 6) is -1.44. The summed E-state index contributed by atoms with van der Waals surface area (Å²) in [4.78, 5) is 67.7. The molecule has 0 aromatic heterocycles. The summed E-state index contributed by atoms with van der Waals surface area (Å²) < 4.78 is 5.81. The van der Waals surface area contributed by atoms with Gasteiger partial charge in [-0.15, -0.1) is 0 Å². The molecular weight excluding hydrogens is 599 g/mol. The van der Waals surface area contributed by atoms with Crippen molar-refractivity contribution < 1.29 is 49.0 Å². The molecule has 0 saturated heterocycles. The summed E-state index contributed by atoms with van der Waals surface area (Å²) in [6.07, 6.45) is 6.89. The number of hydrogen-bond donors (Lipinski definition) is 5. The fourth-order valence-electron chi connectivity index (χ4n) is 10.6. The number of rotatable bonds is 14. The second-order valence-electron chi connectivity index (χ2n) is 15.8. The molecule has 11 heteroatoms. The molecule has 0 aliphatic heterocycles. The number of carboxylic acids is 2. The van der Waals surface area contributed by atoms with E-state index in [1.54, 1.807) is 6.92 Å². The minimum atomic E-state index is -4.06. The maximum absolute atomic E-state index is 12.8. The molecule has 11 atom stereocenters. The Kier molecular flexibility index (Phi) is 11.5. The third-order valence-corrected chi connectivity index (χ3v) is 15.2. The zero-order chi connectivity index (χ0) is 33.3. The van der Waals surface area contributed by atoms with Crippen molar-refractivity contribution in [1.82, 2.24) is 0 Å². The van der Waals surface area contributed by atoms with E-state index < -0.39 is 43.8 Å². The van der Waals surface area contributed by atoms with Gasteiger partial charge in [-0.1, -0.05) is 13.8 Å². The van der Waals surface area contributed by atoms with Crippen LogP contribution in [0.1, 0.15) is 111 Å². The number of fused-ring (bicyclic) bond motifs is 5. The van der Waals surface area contributed by atoms with E-state index in [9.17, 15) is 39.2 Å². The van der Waals surface area contributed by atoms with Crippen LogP contribution in [0.15, 0.2) is 0 Å². The minimum absolute atomic E-state index is 0.0620. The van der Waals surface area contributed by atoms with Gasteiger partial charge in [-0.3, -0.25) is 0 Å². The summed E-state index contributed by atoms with van der Waals surface area (Å²) in [6.45, 7) is 8.81. The van der Waals surface area contributed by atoms with Gasteiger partial charge >= 0.3 is 206 Å². The molecule has 4 saturated carbocycles. The molecule has 4 rings (SSSR count). The molecule has 0 radical (unpaired) electrons. The first-order chi connectivity index (χ1) is 21.0. The molecule has 5 unspecified atom stereocenters. The van der Waals surface area contributed by atoms with Crippen LogP contribution in [0.5, 0.6) is 0 Å². The van der Waals surface area contributed by atoms with Gasteiger partial charge in [0.1, 0.15) is 5.78 Å². The number of carbonyl (C=O) groups excluding carboxylic acids is 2. The number of ether oxygens (including phenoxy) is 1. The van der Waals surface area contributed by atoms with Gasteiger partial charge in [0.05, 0.1) is 0 Å². The molecule has 4 aliphatic carbocycles. The predicted octanol–water partition coefficient (Wildman–Crippen LogP) is 5.05. The van der Waals surface area contributed by atoms with Crippen LogP contribution >= 0.6 is 7.72 Å². The molecule has 4 fully saturated rings. The quantitative estimate of drug-likeness (QED) is 0.125. The Morgan fingerprint density at radius 2 is 1.56 bits per heavy atom. The average Bonchev–Trinajstić information content (AvgIpc) is 3.30. The fourth-order valence-corrected chi connectivity index (χ4v) is 12.5. The van der Waals surface area contributed by atoms with Gasteiger partial charge in [0.25, 0.3) is 0 Å². The van der Waals surface area contributed by atoms with Gasteiger partial charge in [-0.25, -0.2) is 0 Å².